The molecule has 0 radical (unpaired) electrons. The van der Waals surface area contributed by atoms with Crippen molar-refractivity contribution >= 4 is 28.1 Å². The Morgan fingerprint density at radius 1 is 1.04 bits per heavy atom. The Balaban J connectivity index is 1.57. The van der Waals surface area contributed by atoms with Crippen LogP contribution in [0.4, 0.5) is 0 Å². The van der Waals surface area contributed by atoms with E-state index in [4.69, 9.17) is 9.47 Å². The minimum absolute atomic E-state index is 0.131. The molecule has 0 aliphatic heterocycles. The van der Waals surface area contributed by atoms with Crippen molar-refractivity contribution in [2.75, 3.05) is 13.7 Å². The highest BCUT2D eigenvalue weighted by Gasteiger charge is 2.07. The molecule has 0 atom stereocenters. The summed E-state index contributed by atoms with van der Waals surface area (Å²) < 4.78 is 11.7. The van der Waals surface area contributed by atoms with Crippen LogP contribution in [0.3, 0.4) is 0 Å². The number of hydrogen-bond donors (Lipinski definition) is 1. The molecule has 0 bridgehead atoms. The molecule has 5 nitrogen and oxygen atoms in total. The van der Waals surface area contributed by atoms with Gasteiger partial charge in [-0.3, -0.25) is 4.79 Å². The lowest BCUT2D eigenvalue weighted by atomic mass is 10.1. The van der Waals surface area contributed by atoms with Gasteiger partial charge in [-0.25, -0.2) is 5.43 Å². The maximum atomic E-state index is 12.0. The highest BCUT2D eigenvalue weighted by molar-refractivity contribution is 9.10. The molecule has 0 spiro atoms. The predicted molar refractivity (Wildman–Crippen MR) is 114 cm³/mol. The van der Waals surface area contributed by atoms with Gasteiger partial charge in [0.2, 0.25) is 0 Å². The molecule has 0 heterocycles. The van der Waals surface area contributed by atoms with Crippen LogP contribution < -0.4 is 14.9 Å². The Labute approximate surface area is 172 Å². The number of carbonyl (C=O) groups is 1. The lowest BCUT2D eigenvalue weighted by Gasteiger charge is -2.10. The summed E-state index contributed by atoms with van der Waals surface area (Å²) in [6.45, 7) is -0.131. The first kappa shape index (κ1) is 19.6. The third-order valence-corrected chi connectivity index (χ3v) is 4.53. The summed E-state index contributed by atoms with van der Waals surface area (Å²) in [7, 11) is 1.60. The molecule has 0 fully saturated rings. The summed E-state index contributed by atoms with van der Waals surface area (Å²) in [5.74, 6) is 1.03. The van der Waals surface area contributed by atoms with Crippen LogP contribution in [-0.4, -0.2) is 25.8 Å². The van der Waals surface area contributed by atoms with Gasteiger partial charge < -0.3 is 9.47 Å². The topological polar surface area (TPSA) is 59.9 Å². The number of hydrogen-bond acceptors (Lipinski definition) is 4. The van der Waals surface area contributed by atoms with E-state index in [-0.39, 0.29) is 12.5 Å². The van der Waals surface area contributed by atoms with E-state index >= 15 is 0 Å². The van der Waals surface area contributed by atoms with Crippen molar-refractivity contribution in [1.82, 2.24) is 5.43 Å². The van der Waals surface area contributed by atoms with E-state index in [1.165, 1.54) is 0 Å². The maximum absolute atomic E-state index is 12.0. The van der Waals surface area contributed by atoms with Gasteiger partial charge in [-0.15, -0.1) is 0 Å². The Kier molecular flexibility index (Phi) is 6.81. The fourth-order valence-electron chi connectivity index (χ4n) is 2.57. The number of nitrogens with one attached hydrogen (secondary N) is 1. The summed E-state index contributed by atoms with van der Waals surface area (Å²) in [6.07, 6.45) is 1.56. The van der Waals surface area contributed by atoms with Gasteiger partial charge in [-0.2, -0.15) is 5.10 Å². The average Bonchev–Trinajstić information content (AvgIpc) is 2.73. The van der Waals surface area contributed by atoms with E-state index in [0.29, 0.717) is 5.75 Å². The quantitative estimate of drug-likeness (QED) is 0.431. The molecule has 3 aromatic rings. The first-order valence-electron chi connectivity index (χ1n) is 8.60. The number of methoxy groups -OCH3 is 1. The third kappa shape index (κ3) is 5.20. The van der Waals surface area contributed by atoms with Crippen molar-refractivity contribution in [2.45, 2.75) is 0 Å². The summed E-state index contributed by atoms with van der Waals surface area (Å²) in [5.41, 5.74) is 5.25. The van der Waals surface area contributed by atoms with Crippen LogP contribution in [-0.2, 0) is 4.79 Å². The monoisotopic (exact) mass is 438 g/mol. The molecule has 3 rings (SSSR count). The van der Waals surface area contributed by atoms with Crippen LogP contribution in [0.2, 0.25) is 0 Å². The maximum Gasteiger partial charge on any atom is 0.277 e. The zero-order chi connectivity index (χ0) is 19.8. The Bertz CT molecular complexity index is 975. The largest absolute Gasteiger partial charge is 0.496 e. The number of nitrogens with zero attached hydrogens (tertiary/aromatic N) is 1. The van der Waals surface area contributed by atoms with Crippen molar-refractivity contribution < 1.29 is 14.3 Å². The Morgan fingerprint density at radius 3 is 2.54 bits per heavy atom. The molecule has 142 valence electrons. The van der Waals surface area contributed by atoms with E-state index in [2.05, 4.69) is 26.5 Å². The van der Waals surface area contributed by atoms with Gasteiger partial charge in [0.05, 0.1) is 17.8 Å². The van der Waals surface area contributed by atoms with Crippen LogP contribution >= 0.6 is 15.9 Å². The molecule has 1 amide bonds. The Morgan fingerprint density at radius 2 is 1.79 bits per heavy atom. The average molecular weight is 439 g/mol. The molecule has 1 N–H and O–H groups in total. The molecule has 0 aliphatic carbocycles. The molecular weight excluding hydrogens is 420 g/mol. The van der Waals surface area contributed by atoms with Crippen LogP contribution in [0.15, 0.2) is 82.4 Å². The lowest BCUT2D eigenvalue weighted by molar-refractivity contribution is -0.123. The molecular formula is C22H19BrN2O3. The highest BCUT2D eigenvalue weighted by atomic mass is 79.9. The van der Waals surface area contributed by atoms with Crippen LogP contribution in [0.5, 0.6) is 11.5 Å². The second-order valence-corrected chi connectivity index (χ2v) is 6.69. The van der Waals surface area contributed by atoms with Gasteiger partial charge in [0, 0.05) is 5.56 Å². The molecule has 0 unspecified atom stereocenters. The first-order valence-corrected chi connectivity index (χ1v) is 9.39. The second-order valence-electron chi connectivity index (χ2n) is 5.84. The summed E-state index contributed by atoms with van der Waals surface area (Å²) in [6, 6.07) is 23.0. The number of hydrazone groups is 1. The molecule has 0 aliphatic rings. The van der Waals surface area contributed by atoms with Crippen molar-refractivity contribution in [3.63, 3.8) is 0 Å². The predicted octanol–water partition coefficient (Wildman–Crippen LogP) is 4.65. The molecule has 0 saturated heterocycles. The van der Waals surface area contributed by atoms with Crippen molar-refractivity contribution in [3.8, 4) is 22.6 Å². The van der Waals surface area contributed by atoms with Gasteiger partial charge in [-0.1, -0.05) is 48.5 Å². The van der Waals surface area contributed by atoms with E-state index in [1.807, 2.05) is 72.8 Å². The molecule has 0 saturated carbocycles. The minimum atomic E-state index is -0.341. The number of halogens is 1. The zero-order valence-electron chi connectivity index (χ0n) is 15.3. The van der Waals surface area contributed by atoms with Gasteiger partial charge in [-0.05, 0) is 51.3 Å². The normalized spacial score (nSPS) is 10.6. The summed E-state index contributed by atoms with van der Waals surface area (Å²) >= 11 is 3.41. The summed E-state index contributed by atoms with van der Waals surface area (Å²) in [4.78, 5) is 12.0. The van der Waals surface area contributed by atoms with Gasteiger partial charge in [0.15, 0.2) is 6.61 Å². The molecule has 28 heavy (non-hydrogen) atoms. The van der Waals surface area contributed by atoms with Crippen LogP contribution in [0, 0.1) is 0 Å². The number of para-hydroxylation sites is 1. The van der Waals surface area contributed by atoms with Crippen molar-refractivity contribution in [3.05, 3.63) is 82.8 Å². The molecule has 3 aromatic carbocycles. The van der Waals surface area contributed by atoms with Crippen LogP contribution in [0.1, 0.15) is 5.56 Å². The van der Waals surface area contributed by atoms with Crippen molar-refractivity contribution in [1.29, 1.82) is 0 Å². The van der Waals surface area contributed by atoms with Crippen molar-refractivity contribution in [2.24, 2.45) is 5.10 Å². The standard InChI is InChI=1S/C22H19BrN2O3/c1-27-21-12-11-16(13-19(21)23)14-24-25-22(26)15-28-20-10-6-5-9-18(20)17-7-3-2-4-8-17/h2-14H,15H2,1H3,(H,25,26)/b24-14+. The second kappa shape index (κ2) is 9.71. The first-order chi connectivity index (χ1) is 13.7. The van der Waals surface area contributed by atoms with E-state index < -0.39 is 0 Å². The number of ether oxygens (including phenoxy) is 2. The smallest absolute Gasteiger partial charge is 0.277 e. The minimum Gasteiger partial charge on any atom is -0.496 e. The number of benzene rings is 3. The Hall–Kier alpha value is -3.12. The van der Waals surface area contributed by atoms with Gasteiger partial charge >= 0.3 is 0 Å². The lowest BCUT2D eigenvalue weighted by Crippen LogP contribution is -2.24. The fraction of sp³-hybridized carbons (Fsp3) is 0.0909. The SMILES string of the molecule is COc1ccc(/C=N/NC(=O)COc2ccccc2-c2ccccc2)cc1Br. The molecule has 0 aromatic heterocycles. The third-order valence-electron chi connectivity index (χ3n) is 3.91. The van der Waals surface area contributed by atoms with Gasteiger partial charge in [0.25, 0.3) is 5.91 Å². The van der Waals surface area contributed by atoms with Gasteiger partial charge in [0.1, 0.15) is 11.5 Å². The number of rotatable bonds is 7. The molecule has 6 heteroatoms. The van der Waals surface area contributed by atoms with Crippen LogP contribution in [0.25, 0.3) is 11.1 Å². The van der Waals surface area contributed by atoms with E-state index in [9.17, 15) is 4.79 Å². The fourth-order valence-corrected chi connectivity index (χ4v) is 3.12. The highest BCUT2D eigenvalue weighted by Crippen LogP contribution is 2.29. The number of carbonyl (C=O) groups excluding carboxylic acids is 1. The zero-order valence-corrected chi connectivity index (χ0v) is 16.8. The number of amides is 1. The van der Waals surface area contributed by atoms with E-state index in [0.717, 1.165) is 26.9 Å². The van der Waals surface area contributed by atoms with E-state index in [1.54, 1.807) is 13.3 Å². The summed E-state index contributed by atoms with van der Waals surface area (Å²) in [5, 5.41) is 3.96.